The van der Waals surface area contributed by atoms with Gasteiger partial charge in [-0.15, -0.1) is 0 Å². The topological polar surface area (TPSA) is 84.3 Å². The van der Waals surface area contributed by atoms with Gasteiger partial charge in [-0.2, -0.15) is 5.10 Å². The van der Waals surface area contributed by atoms with Crippen LogP contribution in [-0.2, 0) is 16.6 Å². The molecule has 0 atom stereocenters. The van der Waals surface area contributed by atoms with Crippen molar-refractivity contribution in [1.29, 1.82) is 0 Å². The minimum atomic E-state index is -3.69. The van der Waals surface area contributed by atoms with Gasteiger partial charge in [-0.1, -0.05) is 36.4 Å². The molecule has 180 valence electrons. The second-order valence-corrected chi connectivity index (χ2v) is 10.2. The number of aryl methyl sites for hydroxylation is 2. The number of hydrogen-bond acceptors (Lipinski definition) is 4. The molecular weight excluding hydrogens is 460 g/mol. The molecule has 1 aromatic heterocycles. The molecule has 35 heavy (non-hydrogen) atoms. The highest BCUT2D eigenvalue weighted by atomic mass is 32.2. The maximum absolute atomic E-state index is 13.1. The molecule has 0 aliphatic heterocycles. The molecule has 0 unspecified atom stereocenters. The van der Waals surface area contributed by atoms with Crippen LogP contribution in [0.3, 0.4) is 0 Å². The van der Waals surface area contributed by atoms with Crippen molar-refractivity contribution in [2.75, 3.05) is 11.8 Å². The van der Waals surface area contributed by atoms with Gasteiger partial charge in [0.25, 0.3) is 15.9 Å². The minimum absolute atomic E-state index is 0.162. The molecule has 1 amide bonds. The van der Waals surface area contributed by atoms with Crippen LogP contribution in [-0.4, -0.2) is 36.1 Å². The average Bonchev–Trinajstić information content (AvgIpc) is 3.13. The number of para-hydroxylation sites is 1. The first kappa shape index (κ1) is 24.2. The van der Waals surface area contributed by atoms with Crippen molar-refractivity contribution < 1.29 is 13.2 Å². The Morgan fingerprint density at radius 1 is 0.914 bits per heavy atom. The summed E-state index contributed by atoms with van der Waals surface area (Å²) in [5.74, 6) is -0.162. The van der Waals surface area contributed by atoms with Gasteiger partial charge in [0.15, 0.2) is 0 Å². The van der Waals surface area contributed by atoms with Gasteiger partial charge in [-0.25, -0.2) is 13.1 Å². The van der Waals surface area contributed by atoms with E-state index in [2.05, 4.69) is 4.72 Å². The van der Waals surface area contributed by atoms with E-state index in [1.54, 1.807) is 54.4 Å². The summed E-state index contributed by atoms with van der Waals surface area (Å²) in [5.41, 5.74) is 5.85. The molecule has 0 saturated heterocycles. The first-order chi connectivity index (χ1) is 16.7. The normalized spacial score (nSPS) is 11.3. The second-order valence-electron chi connectivity index (χ2n) is 8.50. The van der Waals surface area contributed by atoms with Crippen molar-refractivity contribution in [2.45, 2.75) is 32.2 Å². The third-order valence-electron chi connectivity index (χ3n) is 5.96. The van der Waals surface area contributed by atoms with Crippen molar-refractivity contribution in [2.24, 2.45) is 0 Å². The number of amides is 1. The molecule has 0 aliphatic rings. The molecule has 0 aliphatic carbocycles. The molecule has 0 saturated carbocycles. The van der Waals surface area contributed by atoms with Crippen LogP contribution in [0.1, 0.15) is 32.9 Å². The lowest BCUT2D eigenvalue weighted by Crippen LogP contribution is -2.26. The standard InChI is InChI=1S/C27H28N4O3S/c1-19-10-8-9-13-26(19)31-21(3)25(20(2)28-31)18-30(4)27(32)22-14-16-23(17-15-22)29-35(33,34)24-11-6-5-7-12-24/h5-17,29H,18H2,1-4H3. The summed E-state index contributed by atoms with van der Waals surface area (Å²) in [6.45, 7) is 6.41. The van der Waals surface area contributed by atoms with Crippen molar-refractivity contribution in [3.05, 3.63) is 107 Å². The van der Waals surface area contributed by atoms with Crippen LogP contribution in [0.15, 0.2) is 83.8 Å². The first-order valence-corrected chi connectivity index (χ1v) is 12.7. The molecule has 8 heteroatoms. The Bertz CT molecular complexity index is 1460. The highest BCUT2D eigenvalue weighted by Crippen LogP contribution is 2.22. The smallest absolute Gasteiger partial charge is 0.261 e. The van der Waals surface area contributed by atoms with E-state index in [1.165, 1.54) is 12.1 Å². The van der Waals surface area contributed by atoms with Crippen molar-refractivity contribution in [3.8, 4) is 5.69 Å². The van der Waals surface area contributed by atoms with Crippen molar-refractivity contribution in [3.63, 3.8) is 0 Å². The van der Waals surface area contributed by atoms with Crippen LogP contribution in [0.5, 0.6) is 0 Å². The Balaban J connectivity index is 1.48. The van der Waals surface area contributed by atoms with Gasteiger partial charge in [0.1, 0.15) is 0 Å². The van der Waals surface area contributed by atoms with Crippen LogP contribution < -0.4 is 4.72 Å². The monoisotopic (exact) mass is 488 g/mol. The number of sulfonamides is 1. The molecule has 4 aromatic rings. The van der Waals surface area contributed by atoms with Gasteiger partial charge in [0.05, 0.1) is 16.3 Å². The van der Waals surface area contributed by atoms with E-state index in [1.807, 2.05) is 49.7 Å². The van der Waals surface area contributed by atoms with Crippen LogP contribution in [0.2, 0.25) is 0 Å². The lowest BCUT2D eigenvalue weighted by atomic mass is 10.1. The average molecular weight is 489 g/mol. The number of anilines is 1. The summed E-state index contributed by atoms with van der Waals surface area (Å²) in [6.07, 6.45) is 0. The molecule has 1 heterocycles. The highest BCUT2D eigenvalue weighted by molar-refractivity contribution is 7.92. The zero-order valence-electron chi connectivity index (χ0n) is 20.2. The highest BCUT2D eigenvalue weighted by Gasteiger charge is 2.19. The van der Waals surface area contributed by atoms with Gasteiger partial charge < -0.3 is 4.90 Å². The first-order valence-electron chi connectivity index (χ1n) is 11.2. The Morgan fingerprint density at radius 2 is 1.54 bits per heavy atom. The second kappa shape index (κ2) is 9.76. The third kappa shape index (κ3) is 5.12. The zero-order chi connectivity index (χ0) is 25.2. The van der Waals surface area contributed by atoms with Crippen molar-refractivity contribution in [1.82, 2.24) is 14.7 Å². The lowest BCUT2D eigenvalue weighted by Gasteiger charge is -2.18. The summed E-state index contributed by atoms with van der Waals surface area (Å²) >= 11 is 0. The molecule has 7 nitrogen and oxygen atoms in total. The number of rotatable bonds is 7. The van der Waals surface area contributed by atoms with E-state index >= 15 is 0 Å². The number of nitrogens with one attached hydrogen (secondary N) is 1. The van der Waals surface area contributed by atoms with E-state index in [4.69, 9.17) is 5.10 Å². The van der Waals surface area contributed by atoms with E-state index < -0.39 is 10.0 Å². The predicted octanol–water partition coefficient (Wildman–Crippen LogP) is 4.87. The number of carbonyl (C=O) groups is 1. The van der Waals surface area contributed by atoms with Gasteiger partial charge >= 0.3 is 0 Å². The maximum Gasteiger partial charge on any atom is 0.261 e. The van der Waals surface area contributed by atoms with E-state index in [0.717, 1.165) is 28.2 Å². The van der Waals surface area contributed by atoms with E-state index in [-0.39, 0.29) is 10.8 Å². The predicted molar refractivity (Wildman–Crippen MR) is 137 cm³/mol. The summed E-state index contributed by atoms with van der Waals surface area (Å²) < 4.78 is 29.5. The molecular formula is C27H28N4O3S. The van der Waals surface area contributed by atoms with Crippen LogP contribution in [0.4, 0.5) is 5.69 Å². The fraction of sp³-hybridized carbons (Fsp3) is 0.185. The number of carbonyl (C=O) groups excluding carboxylic acids is 1. The summed E-state index contributed by atoms with van der Waals surface area (Å²) in [6, 6.07) is 22.6. The molecule has 1 N–H and O–H groups in total. The fourth-order valence-corrected chi connectivity index (χ4v) is 5.04. The zero-order valence-corrected chi connectivity index (χ0v) is 21.0. The number of hydrogen-bond donors (Lipinski definition) is 1. The fourth-order valence-electron chi connectivity index (χ4n) is 3.96. The molecule has 4 rings (SSSR count). The van der Waals surface area contributed by atoms with Gasteiger partial charge in [0, 0.05) is 36.1 Å². The third-order valence-corrected chi connectivity index (χ3v) is 7.36. The minimum Gasteiger partial charge on any atom is -0.337 e. The summed E-state index contributed by atoms with van der Waals surface area (Å²) in [5, 5.41) is 4.71. The van der Waals surface area contributed by atoms with Gasteiger partial charge in [-0.05, 0) is 68.8 Å². The van der Waals surface area contributed by atoms with E-state index in [9.17, 15) is 13.2 Å². The van der Waals surface area contributed by atoms with Crippen LogP contribution in [0.25, 0.3) is 5.69 Å². The molecule has 3 aromatic carbocycles. The SMILES string of the molecule is Cc1ccccc1-n1nc(C)c(CN(C)C(=O)c2ccc(NS(=O)(=O)c3ccccc3)cc2)c1C. The van der Waals surface area contributed by atoms with E-state index in [0.29, 0.717) is 17.8 Å². The lowest BCUT2D eigenvalue weighted by molar-refractivity contribution is 0.0785. The molecule has 0 bridgehead atoms. The van der Waals surface area contributed by atoms with Crippen molar-refractivity contribution >= 4 is 21.6 Å². The summed E-state index contributed by atoms with van der Waals surface area (Å²) in [4.78, 5) is 14.9. The number of aromatic nitrogens is 2. The molecule has 0 spiro atoms. The van der Waals surface area contributed by atoms with Gasteiger partial charge in [-0.3, -0.25) is 9.52 Å². The molecule has 0 fully saturated rings. The number of nitrogens with zero attached hydrogens (tertiary/aromatic N) is 3. The molecule has 0 radical (unpaired) electrons. The number of benzene rings is 3. The largest absolute Gasteiger partial charge is 0.337 e. The Kier molecular flexibility index (Phi) is 6.75. The Morgan fingerprint density at radius 3 is 2.20 bits per heavy atom. The Hall–Kier alpha value is -3.91. The summed E-state index contributed by atoms with van der Waals surface area (Å²) in [7, 11) is -1.94. The van der Waals surface area contributed by atoms with Crippen LogP contribution in [0, 0.1) is 20.8 Å². The quantitative estimate of drug-likeness (QED) is 0.402. The Labute approximate surface area is 206 Å². The van der Waals surface area contributed by atoms with Crippen LogP contribution >= 0.6 is 0 Å². The van der Waals surface area contributed by atoms with Gasteiger partial charge in [0.2, 0.25) is 0 Å². The maximum atomic E-state index is 13.1.